The van der Waals surface area contributed by atoms with Crippen molar-refractivity contribution in [3.05, 3.63) is 24.3 Å². The fourth-order valence-corrected chi connectivity index (χ4v) is 1.93. The van der Waals surface area contributed by atoms with Crippen LogP contribution in [-0.4, -0.2) is 50.9 Å². The number of benzene rings is 1. The van der Waals surface area contributed by atoms with Crippen molar-refractivity contribution in [1.29, 1.82) is 0 Å². The maximum Gasteiger partial charge on any atom is 0.573 e. The Balaban J connectivity index is 2.43. The first-order valence-corrected chi connectivity index (χ1v) is 7.63. The number of rotatable bonds is 7. The van der Waals surface area contributed by atoms with Crippen molar-refractivity contribution in [1.82, 2.24) is 10.6 Å². The standard InChI is InChI=1S/C15H19F3N4O4/c1-3-19-14(25)21-13(24)9-22(2)8-12(23)20-10-4-6-11(7-5-10)26-15(16,17)18/h4-7H,3,8-9H2,1-2H3,(H,20,23)(H2,19,21,24,25)/p+1. The number of hydrogen-bond acceptors (Lipinski definition) is 4. The summed E-state index contributed by atoms with van der Waals surface area (Å²) in [5.41, 5.74) is 0.282. The number of quaternary nitrogens is 1. The van der Waals surface area contributed by atoms with Gasteiger partial charge in [0.25, 0.3) is 11.8 Å². The lowest BCUT2D eigenvalue weighted by Gasteiger charge is -2.14. The summed E-state index contributed by atoms with van der Waals surface area (Å²) in [6, 6.07) is 4.04. The molecule has 1 aromatic carbocycles. The third-order valence-electron chi connectivity index (χ3n) is 2.89. The number of alkyl halides is 3. The van der Waals surface area contributed by atoms with Crippen LogP contribution in [0.15, 0.2) is 24.3 Å². The highest BCUT2D eigenvalue weighted by atomic mass is 19.4. The van der Waals surface area contributed by atoms with Crippen molar-refractivity contribution in [2.45, 2.75) is 13.3 Å². The maximum atomic E-state index is 12.1. The molecule has 0 radical (unpaired) electrons. The second-order valence-electron chi connectivity index (χ2n) is 5.34. The topological polar surface area (TPSA) is 101 Å². The highest BCUT2D eigenvalue weighted by molar-refractivity contribution is 5.95. The minimum Gasteiger partial charge on any atom is -0.406 e. The molecule has 0 aromatic heterocycles. The number of carbonyl (C=O) groups is 3. The van der Waals surface area contributed by atoms with E-state index < -0.39 is 30.0 Å². The Hall–Kier alpha value is -2.82. The van der Waals surface area contributed by atoms with Crippen molar-refractivity contribution in [3.63, 3.8) is 0 Å². The van der Waals surface area contributed by atoms with E-state index in [4.69, 9.17) is 0 Å². The van der Waals surface area contributed by atoms with Gasteiger partial charge in [0.15, 0.2) is 13.1 Å². The van der Waals surface area contributed by atoms with Gasteiger partial charge < -0.3 is 20.3 Å². The third-order valence-corrected chi connectivity index (χ3v) is 2.89. The molecule has 8 nitrogen and oxygen atoms in total. The predicted octanol–water partition coefficient (Wildman–Crippen LogP) is -0.116. The van der Waals surface area contributed by atoms with Crippen LogP contribution in [-0.2, 0) is 9.59 Å². The quantitative estimate of drug-likeness (QED) is 0.532. The zero-order valence-corrected chi connectivity index (χ0v) is 14.2. The lowest BCUT2D eigenvalue weighted by molar-refractivity contribution is -0.862. The fraction of sp³-hybridized carbons (Fsp3) is 0.400. The van der Waals surface area contributed by atoms with E-state index in [2.05, 4.69) is 20.7 Å². The molecule has 1 atom stereocenters. The van der Waals surface area contributed by atoms with E-state index in [1.54, 1.807) is 14.0 Å². The molecule has 0 heterocycles. The molecule has 1 aromatic rings. The molecule has 144 valence electrons. The van der Waals surface area contributed by atoms with Crippen LogP contribution < -0.4 is 25.6 Å². The first kappa shape index (κ1) is 21.2. The molecule has 1 rings (SSSR count). The number of hydrogen-bond donors (Lipinski definition) is 4. The normalized spacial score (nSPS) is 12.0. The number of carbonyl (C=O) groups excluding carboxylic acids is 3. The summed E-state index contributed by atoms with van der Waals surface area (Å²) in [5, 5.41) is 7.00. The average molecular weight is 377 g/mol. The average Bonchev–Trinajstić information content (AvgIpc) is 2.47. The number of imide groups is 1. The first-order valence-electron chi connectivity index (χ1n) is 7.63. The van der Waals surface area contributed by atoms with Crippen LogP contribution in [0.2, 0.25) is 0 Å². The van der Waals surface area contributed by atoms with Crippen LogP contribution in [0.4, 0.5) is 23.7 Å². The summed E-state index contributed by atoms with van der Waals surface area (Å²) in [6.07, 6.45) is -4.79. The lowest BCUT2D eigenvalue weighted by atomic mass is 10.3. The van der Waals surface area contributed by atoms with Crippen molar-refractivity contribution in [2.75, 3.05) is 32.0 Å². The number of anilines is 1. The second kappa shape index (κ2) is 9.61. The van der Waals surface area contributed by atoms with Crippen molar-refractivity contribution in [2.24, 2.45) is 0 Å². The SMILES string of the molecule is CCNC(=O)NC(=O)C[NH+](C)CC(=O)Nc1ccc(OC(F)(F)F)cc1. The predicted molar refractivity (Wildman–Crippen MR) is 85.6 cm³/mol. The smallest absolute Gasteiger partial charge is 0.406 e. The largest absolute Gasteiger partial charge is 0.573 e. The van der Waals surface area contributed by atoms with Gasteiger partial charge >= 0.3 is 12.4 Å². The van der Waals surface area contributed by atoms with Gasteiger partial charge in [0.05, 0.1) is 7.05 Å². The van der Waals surface area contributed by atoms with Gasteiger partial charge in [-0.15, -0.1) is 13.2 Å². The third kappa shape index (κ3) is 8.87. The van der Waals surface area contributed by atoms with Crippen molar-refractivity contribution >= 4 is 23.5 Å². The number of nitrogens with one attached hydrogen (secondary N) is 4. The lowest BCUT2D eigenvalue weighted by Crippen LogP contribution is -3.11. The number of likely N-dealkylation sites (N-methyl/N-ethyl adjacent to an activating group) is 1. The fourth-order valence-electron chi connectivity index (χ4n) is 1.93. The van der Waals surface area contributed by atoms with Gasteiger partial charge in [0.2, 0.25) is 0 Å². The molecule has 0 saturated carbocycles. The van der Waals surface area contributed by atoms with Crippen LogP contribution >= 0.6 is 0 Å². The number of amides is 4. The monoisotopic (exact) mass is 377 g/mol. The number of ether oxygens (including phenoxy) is 1. The van der Waals surface area contributed by atoms with E-state index in [1.165, 1.54) is 12.1 Å². The van der Waals surface area contributed by atoms with E-state index >= 15 is 0 Å². The molecule has 1 unspecified atom stereocenters. The molecule has 0 aliphatic carbocycles. The van der Waals surface area contributed by atoms with E-state index in [0.717, 1.165) is 12.1 Å². The minimum atomic E-state index is -4.79. The van der Waals surface area contributed by atoms with E-state index in [9.17, 15) is 27.6 Å². The molecule has 0 spiro atoms. The van der Waals surface area contributed by atoms with Gasteiger partial charge in [-0.2, -0.15) is 0 Å². The van der Waals surface area contributed by atoms with Crippen molar-refractivity contribution < 1.29 is 37.2 Å². The van der Waals surface area contributed by atoms with E-state index in [0.29, 0.717) is 11.4 Å². The summed E-state index contributed by atoms with van der Waals surface area (Å²) in [6.45, 7) is 1.89. The minimum absolute atomic E-state index is 0.0797. The van der Waals surface area contributed by atoms with Crippen LogP contribution in [0.3, 0.4) is 0 Å². The Labute approximate surface area is 147 Å². The second-order valence-corrected chi connectivity index (χ2v) is 5.34. The van der Waals surface area contributed by atoms with E-state index in [-0.39, 0.29) is 18.8 Å². The summed E-state index contributed by atoms with van der Waals surface area (Å²) >= 11 is 0. The van der Waals surface area contributed by atoms with Gasteiger partial charge in [-0.25, -0.2) is 4.79 Å². The molecular formula is C15H20F3N4O4+. The van der Waals surface area contributed by atoms with Crippen LogP contribution in [0.25, 0.3) is 0 Å². The van der Waals surface area contributed by atoms with Crippen LogP contribution in [0.5, 0.6) is 5.75 Å². The summed E-state index contributed by atoms with van der Waals surface area (Å²) < 4.78 is 39.9. The Morgan fingerprint density at radius 3 is 2.19 bits per heavy atom. The zero-order chi connectivity index (χ0) is 19.7. The molecule has 0 aliphatic rings. The summed E-state index contributed by atoms with van der Waals surface area (Å²) in [4.78, 5) is 35.2. The maximum absolute atomic E-state index is 12.1. The Morgan fingerprint density at radius 1 is 1.08 bits per heavy atom. The molecule has 0 saturated heterocycles. The molecule has 0 fully saturated rings. The van der Waals surface area contributed by atoms with Crippen LogP contribution in [0.1, 0.15) is 6.92 Å². The van der Waals surface area contributed by atoms with Gasteiger partial charge in [-0.05, 0) is 31.2 Å². The molecule has 26 heavy (non-hydrogen) atoms. The van der Waals surface area contributed by atoms with Gasteiger partial charge in [0, 0.05) is 12.2 Å². The van der Waals surface area contributed by atoms with Gasteiger partial charge in [-0.3, -0.25) is 14.9 Å². The van der Waals surface area contributed by atoms with Crippen molar-refractivity contribution in [3.8, 4) is 5.75 Å². The highest BCUT2D eigenvalue weighted by Crippen LogP contribution is 2.23. The van der Waals surface area contributed by atoms with E-state index in [1.807, 2.05) is 0 Å². The molecule has 0 bridgehead atoms. The Kier molecular flexibility index (Phi) is 7.84. The number of halogens is 3. The summed E-state index contributed by atoms with van der Waals surface area (Å²) in [7, 11) is 1.58. The highest BCUT2D eigenvalue weighted by Gasteiger charge is 2.31. The van der Waals surface area contributed by atoms with Gasteiger partial charge in [-0.1, -0.05) is 0 Å². The molecule has 0 aliphatic heterocycles. The van der Waals surface area contributed by atoms with Crippen LogP contribution in [0, 0.1) is 0 Å². The Bertz CT molecular complexity index is 635. The van der Waals surface area contributed by atoms with Gasteiger partial charge in [0.1, 0.15) is 5.75 Å². The number of urea groups is 1. The Morgan fingerprint density at radius 2 is 1.65 bits per heavy atom. The first-order chi connectivity index (χ1) is 12.1. The molecule has 4 N–H and O–H groups in total. The molecule has 4 amide bonds. The zero-order valence-electron chi connectivity index (χ0n) is 14.2. The molecule has 11 heteroatoms. The molecular weight excluding hydrogens is 357 g/mol. The summed E-state index contributed by atoms with van der Waals surface area (Å²) in [5.74, 6) is -1.40.